The quantitative estimate of drug-likeness (QED) is 0.919. The van der Waals surface area contributed by atoms with Crippen molar-refractivity contribution in [1.82, 2.24) is 10.2 Å². The number of carbonyl (C=O) groups is 1. The lowest BCUT2D eigenvalue weighted by Gasteiger charge is -2.33. The summed E-state index contributed by atoms with van der Waals surface area (Å²) in [5.74, 6) is -0.461. The average Bonchev–Trinajstić information content (AvgIpc) is 3.09. The van der Waals surface area contributed by atoms with Crippen molar-refractivity contribution in [3.8, 4) is 0 Å². The fourth-order valence-corrected chi connectivity index (χ4v) is 3.06. The van der Waals surface area contributed by atoms with Crippen LogP contribution >= 0.6 is 11.6 Å². The Labute approximate surface area is 139 Å². The number of benzene rings is 1. The maximum absolute atomic E-state index is 13.3. The number of morpholine rings is 1. The van der Waals surface area contributed by atoms with E-state index in [4.69, 9.17) is 21.1 Å². The van der Waals surface area contributed by atoms with E-state index >= 15 is 0 Å². The molecule has 0 bridgehead atoms. The van der Waals surface area contributed by atoms with Crippen LogP contribution in [0.4, 0.5) is 9.18 Å². The number of ether oxygens (including phenoxy) is 2. The third-order valence-electron chi connectivity index (χ3n) is 4.17. The molecule has 1 aromatic carbocycles. The summed E-state index contributed by atoms with van der Waals surface area (Å²) in [6, 6.07) is 4.38. The highest BCUT2D eigenvalue weighted by Crippen LogP contribution is 2.26. The van der Waals surface area contributed by atoms with Crippen LogP contribution in [0.3, 0.4) is 0 Å². The van der Waals surface area contributed by atoms with Crippen molar-refractivity contribution in [2.45, 2.75) is 25.0 Å². The zero-order valence-electron chi connectivity index (χ0n) is 12.8. The van der Waals surface area contributed by atoms with E-state index in [2.05, 4.69) is 5.32 Å². The molecule has 0 aromatic heterocycles. The Morgan fingerprint density at radius 1 is 1.39 bits per heavy atom. The van der Waals surface area contributed by atoms with Crippen LogP contribution in [-0.4, -0.2) is 49.9 Å². The van der Waals surface area contributed by atoms with Crippen LogP contribution in [0.1, 0.15) is 24.5 Å². The highest BCUT2D eigenvalue weighted by Gasteiger charge is 2.26. The summed E-state index contributed by atoms with van der Waals surface area (Å²) in [5, 5.41) is 2.97. The normalized spacial score (nSPS) is 24.7. The molecule has 3 rings (SSSR count). The predicted molar refractivity (Wildman–Crippen MR) is 84.0 cm³/mol. The van der Waals surface area contributed by atoms with Gasteiger partial charge in [0, 0.05) is 19.7 Å². The second-order valence-electron chi connectivity index (χ2n) is 5.80. The zero-order chi connectivity index (χ0) is 16.2. The van der Waals surface area contributed by atoms with Crippen LogP contribution in [-0.2, 0) is 9.47 Å². The lowest BCUT2D eigenvalue weighted by Crippen LogP contribution is -2.48. The molecular weight excluding hydrogens is 323 g/mol. The largest absolute Gasteiger partial charge is 0.376 e. The molecule has 0 radical (unpaired) electrons. The van der Waals surface area contributed by atoms with Crippen molar-refractivity contribution in [3.05, 3.63) is 34.6 Å². The first-order chi connectivity index (χ1) is 11.1. The van der Waals surface area contributed by atoms with E-state index in [1.165, 1.54) is 6.07 Å². The molecule has 2 heterocycles. The van der Waals surface area contributed by atoms with Gasteiger partial charge in [-0.1, -0.05) is 17.7 Å². The summed E-state index contributed by atoms with van der Waals surface area (Å²) in [5.41, 5.74) is 0.771. The van der Waals surface area contributed by atoms with Gasteiger partial charge in [-0.25, -0.2) is 9.18 Å². The molecule has 23 heavy (non-hydrogen) atoms. The number of nitrogens with zero attached hydrogens (tertiary/aromatic N) is 1. The van der Waals surface area contributed by atoms with Gasteiger partial charge in [-0.15, -0.1) is 0 Å². The Morgan fingerprint density at radius 3 is 3.00 bits per heavy atom. The van der Waals surface area contributed by atoms with Crippen LogP contribution in [0.15, 0.2) is 18.2 Å². The fraction of sp³-hybridized carbons (Fsp3) is 0.562. The Morgan fingerprint density at radius 2 is 2.26 bits per heavy atom. The third kappa shape index (κ3) is 4.13. The minimum Gasteiger partial charge on any atom is -0.376 e. The highest BCUT2D eigenvalue weighted by atomic mass is 35.5. The van der Waals surface area contributed by atoms with E-state index < -0.39 is 5.82 Å². The number of urea groups is 1. The number of nitrogens with one attached hydrogen (secondary N) is 1. The smallest absolute Gasteiger partial charge is 0.317 e. The molecule has 1 aromatic rings. The summed E-state index contributed by atoms with van der Waals surface area (Å²) in [4.78, 5) is 14.0. The lowest BCUT2D eigenvalue weighted by atomic mass is 10.1. The van der Waals surface area contributed by atoms with Gasteiger partial charge in [-0.05, 0) is 30.5 Å². The Kier molecular flexibility index (Phi) is 5.35. The Bertz CT molecular complexity index is 566. The van der Waals surface area contributed by atoms with Crippen LogP contribution in [0, 0.1) is 5.82 Å². The second-order valence-corrected chi connectivity index (χ2v) is 6.21. The molecule has 0 spiro atoms. The van der Waals surface area contributed by atoms with Gasteiger partial charge in [0.05, 0.1) is 24.3 Å². The van der Waals surface area contributed by atoms with Gasteiger partial charge in [0.2, 0.25) is 0 Å². The molecule has 0 aliphatic carbocycles. The van der Waals surface area contributed by atoms with Crippen molar-refractivity contribution < 1.29 is 18.7 Å². The first kappa shape index (κ1) is 16.5. The molecule has 2 aliphatic rings. The van der Waals surface area contributed by atoms with Crippen molar-refractivity contribution in [2.24, 2.45) is 0 Å². The van der Waals surface area contributed by atoms with E-state index in [0.717, 1.165) is 25.0 Å². The standard InChI is InChI=1S/C16H20ClFN2O3/c17-13-8-11(3-4-14(13)18)15-10-20(5-7-23-15)16(21)19-9-12-2-1-6-22-12/h3-4,8,12,15H,1-2,5-7,9-10H2,(H,19,21)/t12-,15-/m1/s1. The predicted octanol–water partition coefficient (Wildman–Crippen LogP) is 2.74. The molecule has 0 saturated carbocycles. The van der Waals surface area contributed by atoms with Gasteiger partial charge in [0.15, 0.2) is 0 Å². The number of halogens is 2. The van der Waals surface area contributed by atoms with Gasteiger partial charge in [-0.2, -0.15) is 0 Å². The minimum atomic E-state index is -0.461. The highest BCUT2D eigenvalue weighted by molar-refractivity contribution is 6.30. The van der Waals surface area contributed by atoms with Gasteiger partial charge in [0.1, 0.15) is 11.9 Å². The summed E-state index contributed by atoms with van der Waals surface area (Å²) in [6.45, 7) is 2.68. The van der Waals surface area contributed by atoms with Crippen LogP contribution in [0.5, 0.6) is 0 Å². The molecule has 2 fully saturated rings. The lowest BCUT2D eigenvalue weighted by molar-refractivity contribution is -0.0158. The molecule has 2 aliphatic heterocycles. The maximum Gasteiger partial charge on any atom is 0.317 e. The van der Waals surface area contributed by atoms with E-state index in [1.54, 1.807) is 17.0 Å². The van der Waals surface area contributed by atoms with Crippen molar-refractivity contribution in [3.63, 3.8) is 0 Å². The number of carbonyl (C=O) groups excluding carboxylic acids is 1. The van der Waals surface area contributed by atoms with Crippen molar-refractivity contribution >= 4 is 17.6 Å². The summed E-state index contributed by atoms with van der Waals surface area (Å²) in [6.07, 6.45) is 1.85. The van der Waals surface area contributed by atoms with Gasteiger partial charge < -0.3 is 19.7 Å². The summed E-state index contributed by atoms with van der Waals surface area (Å²) < 4.78 is 24.4. The van der Waals surface area contributed by atoms with E-state index in [1.807, 2.05) is 0 Å². The molecule has 2 amide bonds. The number of amides is 2. The van der Waals surface area contributed by atoms with Crippen LogP contribution in [0.25, 0.3) is 0 Å². The summed E-state index contributed by atoms with van der Waals surface area (Å²) in [7, 11) is 0. The molecule has 0 unspecified atom stereocenters. The molecule has 126 valence electrons. The number of rotatable bonds is 3. The van der Waals surface area contributed by atoms with Gasteiger partial charge >= 0.3 is 6.03 Å². The number of hydrogen-bond acceptors (Lipinski definition) is 3. The van der Waals surface area contributed by atoms with Gasteiger partial charge in [-0.3, -0.25) is 0 Å². The number of hydrogen-bond donors (Lipinski definition) is 1. The SMILES string of the molecule is O=C(NC[C@H]1CCCO1)N1CCO[C@@H](c2ccc(F)c(Cl)c2)C1. The van der Waals surface area contributed by atoms with Crippen molar-refractivity contribution in [2.75, 3.05) is 32.8 Å². The monoisotopic (exact) mass is 342 g/mol. The zero-order valence-corrected chi connectivity index (χ0v) is 13.5. The Hall–Kier alpha value is -1.37. The Balaban J connectivity index is 1.56. The second kappa shape index (κ2) is 7.47. The van der Waals surface area contributed by atoms with E-state index in [0.29, 0.717) is 26.2 Å². The molecular formula is C16H20ClFN2O3. The van der Waals surface area contributed by atoms with Crippen molar-refractivity contribution in [1.29, 1.82) is 0 Å². The minimum absolute atomic E-state index is 0.0612. The fourth-order valence-electron chi connectivity index (χ4n) is 2.87. The molecule has 2 saturated heterocycles. The van der Waals surface area contributed by atoms with Gasteiger partial charge in [0.25, 0.3) is 0 Å². The first-order valence-electron chi connectivity index (χ1n) is 7.84. The molecule has 1 N–H and O–H groups in total. The summed E-state index contributed by atoms with van der Waals surface area (Å²) >= 11 is 5.82. The topological polar surface area (TPSA) is 50.8 Å². The van der Waals surface area contributed by atoms with E-state index in [9.17, 15) is 9.18 Å². The van der Waals surface area contributed by atoms with Crippen LogP contribution < -0.4 is 5.32 Å². The molecule has 2 atom stereocenters. The maximum atomic E-state index is 13.3. The molecule has 7 heteroatoms. The molecule has 5 nitrogen and oxygen atoms in total. The van der Waals surface area contributed by atoms with E-state index in [-0.39, 0.29) is 23.3 Å². The first-order valence-corrected chi connectivity index (χ1v) is 8.22. The average molecular weight is 343 g/mol. The third-order valence-corrected chi connectivity index (χ3v) is 4.46. The van der Waals surface area contributed by atoms with Crippen LogP contribution in [0.2, 0.25) is 5.02 Å².